The van der Waals surface area contributed by atoms with E-state index in [2.05, 4.69) is 21.2 Å². The van der Waals surface area contributed by atoms with Crippen molar-refractivity contribution < 1.29 is 14.3 Å². The van der Waals surface area contributed by atoms with Gasteiger partial charge in [-0.3, -0.25) is 4.79 Å². The van der Waals surface area contributed by atoms with Crippen LogP contribution in [0, 0.1) is 0 Å². The van der Waals surface area contributed by atoms with Crippen molar-refractivity contribution in [3.05, 3.63) is 63.6 Å². The molecule has 0 aliphatic carbocycles. The van der Waals surface area contributed by atoms with Gasteiger partial charge in [-0.15, -0.1) is 0 Å². The van der Waals surface area contributed by atoms with Gasteiger partial charge in [-0.25, -0.2) is 4.79 Å². The molecule has 6 heteroatoms. The quantitative estimate of drug-likeness (QED) is 0.803. The Kier molecular flexibility index (Phi) is 5.57. The van der Waals surface area contributed by atoms with Crippen molar-refractivity contribution in [2.45, 2.75) is 13.0 Å². The third-order valence-electron chi connectivity index (χ3n) is 2.83. The Morgan fingerprint density at radius 1 is 1.18 bits per heavy atom. The van der Waals surface area contributed by atoms with Crippen molar-refractivity contribution in [2.24, 2.45) is 0 Å². The van der Waals surface area contributed by atoms with E-state index < -0.39 is 18.0 Å². The monoisotopic (exact) mass is 381 g/mol. The molecular formula is C16H13BrClNO3. The summed E-state index contributed by atoms with van der Waals surface area (Å²) < 4.78 is 5.92. The Labute approximate surface area is 141 Å². The van der Waals surface area contributed by atoms with E-state index in [1.165, 1.54) is 6.92 Å². The van der Waals surface area contributed by atoms with Gasteiger partial charge in [0, 0.05) is 15.2 Å². The average molecular weight is 383 g/mol. The van der Waals surface area contributed by atoms with Crippen LogP contribution in [-0.4, -0.2) is 18.0 Å². The Balaban J connectivity index is 1.96. The van der Waals surface area contributed by atoms with Crippen LogP contribution >= 0.6 is 27.5 Å². The van der Waals surface area contributed by atoms with Crippen LogP contribution in [0.4, 0.5) is 5.69 Å². The zero-order valence-corrected chi connectivity index (χ0v) is 14.0. The Morgan fingerprint density at radius 3 is 2.50 bits per heavy atom. The molecule has 2 aromatic carbocycles. The number of hydrogen-bond acceptors (Lipinski definition) is 3. The van der Waals surface area contributed by atoms with Crippen LogP contribution in [0.5, 0.6) is 0 Å². The minimum Gasteiger partial charge on any atom is -0.449 e. The van der Waals surface area contributed by atoms with E-state index in [1.807, 2.05) is 0 Å². The van der Waals surface area contributed by atoms with Crippen LogP contribution in [0.15, 0.2) is 53.0 Å². The first-order chi connectivity index (χ1) is 10.5. The van der Waals surface area contributed by atoms with E-state index in [-0.39, 0.29) is 0 Å². The summed E-state index contributed by atoms with van der Waals surface area (Å²) in [6, 6.07) is 13.4. The van der Waals surface area contributed by atoms with Crippen molar-refractivity contribution in [2.75, 3.05) is 5.32 Å². The maximum atomic E-state index is 12.0. The van der Waals surface area contributed by atoms with Gasteiger partial charge in [0.1, 0.15) is 0 Å². The number of benzene rings is 2. The third kappa shape index (κ3) is 4.58. The van der Waals surface area contributed by atoms with Gasteiger partial charge in [0.05, 0.1) is 5.56 Å². The molecule has 0 heterocycles. The number of carbonyl (C=O) groups is 2. The predicted octanol–water partition coefficient (Wildman–Crippen LogP) is 4.29. The summed E-state index contributed by atoms with van der Waals surface area (Å²) in [6.45, 7) is 1.52. The number of hydrogen-bond donors (Lipinski definition) is 1. The summed E-state index contributed by atoms with van der Waals surface area (Å²) in [6.07, 6.45) is -0.915. The van der Waals surface area contributed by atoms with Gasteiger partial charge in [-0.1, -0.05) is 33.6 Å². The maximum absolute atomic E-state index is 12.0. The SMILES string of the molecule is C[C@H](OC(=O)c1cccc(Br)c1)C(=O)Nc1ccc(Cl)cc1. The first-order valence-electron chi connectivity index (χ1n) is 6.48. The van der Waals surface area contributed by atoms with E-state index in [1.54, 1.807) is 48.5 Å². The molecule has 0 bridgehead atoms. The average Bonchev–Trinajstić information content (AvgIpc) is 2.49. The predicted molar refractivity (Wildman–Crippen MR) is 89.1 cm³/mol. The van der Waals surface area contributed by atoms with Crippen molar-refractivity contribution >= 4 is 45.1 Å². The molecule has 0 radical (unpaired) electrons. The second kappa shape index (κ2) is 7.42. The molecule has 0 unspecified atom stereocenters. The molecule has 2 rings (SSSR count). The molecule has 114 valence electrons. The van der Waals surface area contributed by atoms with Gasteiger partial charge in [-0.05, 0) is 49.4 Å². The lowest BCUT2D eigenvalue weighted by atomic mass is 10.2. The first kappa shape index (κ1) is 16.5. The van der Waals surface area contributed by atoms with E-state index in [9.17, 15) is 9.59 Å². The fourth-order valence-electron chi connectivity index (χ4n) is 1.67. The van der Waals surface area contributed by atoms with Crippen molar-refractivity contribution in [1.29, 1.82) is 0 Å². The van der Waals surface area contributed by atoms with Crippen molar-refractivity contribution in [1.82, 2.24) is 0 Å². The van der Waals surface area contributed by atoms with E-state index in [0.717, 1.165) is 4.47 Å². The van der Waals surface area contributed by atoms with Gasteiger partial charge < -0.3 is 10.1 Å². The number of nitrogens with one attached hydrogen (secondary N) is 1. The van der Waals surface area contributed by atoms with Crippen LogP contribution < -0.4 is 5.32 Å². The molecule has 1 atom stereocenters. The minimum atomic E-state index is -0.915. The summed E-state index contributed by atoms with van der Waals surface area (Å²) in [5, 5.41) is 3.23. The molecule has 1 N–H and O–H groups in total. The summed E-state index contributed by atoms with van der Waals surface area (Å²) in [5.74, 6) is -0.967. The van der Waals surface area contributed by atoms with E-state index in [4.69, 9.17) is 16.3 Å². The molecule has 1 amide bonds. The van der Waals surface area contributed by atoms with Crippen LogP contribution in [-0.2, 0) is 9.53 Å². The molecule has 4 nitrogen and oxygen atoms in total. The topological polar surface area (TPSA) is 55.4 Å². The molecule has 2 aromatic rings. The summed E-state index contributed by atoms with van der Waals surface area (Å²) >= 11 is 9.05. The van der Waals surface area contributed by atoms with Gasteiger partial charge in [0.25, 0.3) is 5.91 Å². The number of rotatable bonds is 4. The summed E-state index contributed by atoms with van der Waals surface area (Å²) in [4.78, 5) is 24.0. The largest absolute Gasteiger partial charge is 0.449 e. The molecule has 0 aromatic heterocycles. The normalized spacial score (nSPS) is 11.6. The van der Waals surface area contributed by atoms with Gasteiger partial charge in [-0.2, -0.15) is 0 Å². The van der Waals surface area contributed by atoms with Crippen molar-refractivity contribution in [3.63, 3.8) is 0 Å². The Bertz CT molecular complexity index is 688. The molecule has 0 fully saturated rings. The molecule has 0 spiro atoms. The lowest BCUT2D eigenvalue weighted by Crippen LogP contribution is -2.30. The Morgan fingerprint density at radius 2 is 1.86 bits per heavy atom. The van der Waals surface area contributed by atoms with Crippen LogP contribution in [0.2, 0.25) is 5.02 Å². The lowest BCUT2D eigenvalue weighted by molar-refractivity contribution is -0.123. The number of halogens is 2. The number of esters is 1. The van der Waals surface area contributed by atoms with Gasteiger partial charge in [0.15, 0.2) is 6.10 Å². The number of anilines is 1. The molecule has 0 saturated heterocycles. The van der Waals surface area contributed by atoms with Crippen molar-refractivity contribution in [3.8, 4) is 0 Å². The fourth-order valence-corrected chi connectivity index (χ4v) is 2.20. The molecule has 0 saturated carbocycles. The highest BCUT2D eigenvalue weighted by Crippen LogP contribution is 2.15. The lowest BCUT2D eigenvalue weighted by Gasteiger charge is -2.13. The zero-order valence-electron chi connectivity index (χ0n) is 11.7. The summed E-state index contributed by atoms with van der Waals surface area (Å²) in [5.41, 5.74) is 0.959. The van der Waals surface area contributed by atoms with Crippen LogP contribution in [0.3, 0.4) is 0 Å². The van der Waals surface area contributed by atoms with Crippen LogP contribution in [0.25, 0.3) is 0 Å². The van der Waals surface area contributed by atoms with E-state index >= 15 is 0 Å². The standard InChI is InChI=1S/C16H13BrClNO3/c1-10(15(20)19-14-7-5-13(18)6-8-14)22-16(21)11-3-2-4-12(17)9-11/h2-10H,1H3,(H,19,20)/t10-/m0/s1. The molecular weight excluding hydrogens is 370 g/mol. The summed E-state index contributed by atoms with van der Waals surface area (Å²) in [7, 11) is 0. The minimum absolute atomic E-state index is 0.375. The fraction of sp³-hybridized carbons (Fsp3) is 0.125. The number of ether oxygens (including phenoxy) is 1. The van der Waals surface area contributed by atoms with Crippen LogP contribution in [0.1, 0.15) is 17.3 Å². The molecule has 0 aliphatic heterocycles. The second-order valence-corrected chi connectivity index (χ2v) is 5.91. The molecule has 0 aliphatic rings. The van der Waals surface area contributed by atoms with E-state index in [0.29, 0.717) is 16.3 Å². The third-order valence-corrected chi connectivity index (χ3v) is 3.57. The smallest absolute Gasteiger partial charge is 0.338 e. The maximum Gasteiger partial charge on any atom is 0.338 e. The van der Waals surface area contributed by atoms with Gasteiger partial charge >= 0.3 is 5.97 Å². The highest BCUT2D eigenvalue weighted by atomic mass is 79.9. The van der Waals surface area contributed by atoms with Gasteiger partial charge in [0.2, 0.25) is 0 Å². The zero-order chi connectivity index (χ0) is 16.1. The molecule has 22 heavy (non-hydrogen) atoms. The second-order valence-electron chi connectivity index (χ2n) is 4.55. The number of carbonyl (C=O) groups excluding carboxylic acids is 2. The first-order valence-corrected chi connectivity index (χ1v) is 7.66. The number of amides is 1. The highest BCUT2D eigenvalue weighted by molar-refractivity contribution is 9.10. The Hall–Kier alpha value is -1.85. The highest BCUT2D eigenvalue weighted by Gasteiger charge is 2.19.